The van der Waals surface area contributed by atoms with Crippen LogP contribution in [0.2, 0.25) is 0 Å². The summed E-state index contributed by atoms with van der Waals surface area (Å²) in [5.74, 6) is 0. The fourth-order valence-electron chi connectivity index (χ4n) is 1.52. The van der Waals surface area contributed by atoms with Gasteiger partial charge in [-0.1, -0.05) is 30.3 Å². The number of alkyl halides is 1. The normalized spacial score (nSPS) is 10.6. The highest BCUT2D eigenvalue weighted by atomic mass is 32.1. The molecule has 1 aromatic heterocycles. The number of benzene rings is 1. The van der Waals surface area contributed by atoms with E-state index in [0.717, 1.165) is 22.8 Å². The molecule has 0 atom stereocenters. The van der Waals surface area contributed by atoms with Gasteiger partial charge in [-0.25, -0.2) is 4.98 Å². The predicted octanol–water partition coefficient (Wildman–Crippen LogP) is 3.26. The van der Waals surface area contributed by atoms with Gasteiger partial charge in [-0.15, -0.1) is 11.3 Å². The molecule has 1 aromatic carbocycles. The third-order valence-corrected chi connectivity index (χ3v) is 3.23. The van der Waals surface area contributed by atoms with E-state index in [9.17, 15) is 4.39 Å². The van der Waals surface area contributed by atoms with Crippen LogP contribution in [0.1, 0.15) is 11.4 Å². The van der Waals surface area contributed by atoms with Crippen molar-refractivity contribution in [3.8, 4) is 11.3 Å². The maximum absolute atomic E-state index is 11.9. The maximum Gasteiger partial charge on any atom is 0.107 e. The van der Waals surface area contributed by atoms with Gasteiger partial charge in [0.1, 0.15) is 5.01 Å². The summed E-state index contributed by atoms with van der Waals surface area (Å²) >= 11 is 1.64. The van der Waals surface area contributed by atoms with Gasteiger partial charge in [-0.05, 0) is 13.0 Å². The van der Waals surface area contributed by atoms with Crippen LogP contribution < -0.4 is 5.32 Å². The number of aromatic nitrogens is 1. The first-order valence-corrected chi connectivity index (χ1v) is 6.54. The fourth-order valence-corrected chi connectivity index (χ4v) is 2.29. The Morgan fingerprint density at radius 2 is 2.06 bits per heavy atom. The summed E-state index contributed by atoms with van der Waals surface area (Å²) in [5.41, 5.74) is 2.15. The van der Waals surface area contributed by atoms with Crippen molar-refractivity contribution in [3.63, 3.8) is 0 Å². The zero-order valence-corrected chi connectivity index (χ0v) is 10.3. The third-order valence-electron chi connectivity index (χ3n) is 2.38. The van der Waals surface area contributed by atoms with Crippen LogP contribution in [0.25, 0.3) is 11.3 Å². The summed E-state index contributed by atoms with van der Waals surface area (Å²) in [4.78, 5) is 4.54. The minimum Gasteiger partial charge on any atom is -0.310 e. The van der Waals surface area contributed by atoms with E-state index in [1.54, 1.807) is 11.3 Å². The van der Waals surface area contributed by atoms with Crippen molar-refractivity contribution in [2.75, 3.05) is 13.2 Å². The lowest BCUT2D eigenvalue weighted by molar-refractivity contribution is 0.459. The minimum atomic E-state index is -0.264. The molecule has 90 valence electrons. The molecule has 0 unspecified atom stereocenters. The topological polar surface area (TPSA) is 24.9 Å². The molecule has 0 aliphatic rings. The van der Waals surface area contributed by atoms with Crippen LogP contribution in [-0.4, -0.2) is 18.2 Å². The molecule has 2 nitrogen and oxygen atoms in total. The molecule has 0 fully saturated rings. The van der Waals surface area contributed by atoms with Crippen LogP contribution in [0.4, 0.5) is 4.39 Å². The van der Waals surface area contributed by atoms with Crippen molar-refractivity contribution in [2.24, 2.45) is 0 Å². The number of hydrogen-bond acceptors (Lipinski definition) is 3. The second-order valence-electron chi connectivity index (χ2n) is 3.71. The van der Waals surface area contributed by atoms with Gasteiger partial charge in [0.2, 0.25) is 0 Å². The quantitative estimate of drug-likeness (QED) is 0.796. The van der Waals surface area contributed by atoms with Crippen LogP contribution in [0.15, 0.2) is 35.7 Å². The van der Waals surface area contributed by atoms with E-state index in [0.29, 0.717) is 13.0 Å². The van der Waals surface area contributed by atoms with Crippen LogP contribution in [0.5, 0.6) is 0 Å². The largest absolute Gasteiger partial charge is 0.310 e. The van der Waals surface area contributed by atoms with Gasteiger partial charge in [-0.2, -0.15) is 0 Å². The zero-order valence-electron chi connectivity index (χ0n) is 9.53. The maximum atomic E-state index is 11.9. The summed E-state index contributed by atoms with van der Waals surface area (Å²) < 4.78 is 11.9. The van der Waals surface area contributed by atoms with E-state index >= 15 is 0 Å². The molecular formula is C13H15FN2S. The number of nitrogens with zero attached hydrogens (tertiary/aromatic N) is 1. The lowest BCUT2D eigenvalue weighted by atomic mass is 10.2. The first-order chi connectivity index (χ1) is 8.40. The highest BCUT2D eigenvalue weighted by molar-refractivity contribution is 7.09. The van der Waals surface area contributed by atoms with Crippen LogP contribution in [0.3, 0.4) is 0 Å². The molecule has 0 bridgehead atoms. The number of hydrogen-bond donors (Lipinski definition) is 1. The molecule has 2 rings (SSSR count). The number of halogens is 1. The zero-order chi connectivity index (χ0) is 11.9. The monoisotopic (exact) mass is 250 g/mol. The second kappa shape index (κ2) is 6.47. The van der Waals surface area contributed by atoms with E-state index < -0.39 is 0 Å². The number of rotatable bonds is 6. The van der Waals surface area contributed by atoms with Crippen LogP contribution >= 0.6 is 11.3 Å². The highest BCUT2D eigenvalue weighted by Crippen LogP contribution is 2.21. The summed E-state index contributed by atoms with van der Waals surface area (Å²) in [6.45, 7) is 1.16. The predicted molar refractivity (Wildman–Crippen MR) is 69.8 cm³/mol. The van der Waals surface area contributed by atoms with Crippen molar-refractivity contribution in [1.29, 1.82) is 0 Å². The molecule has 0 aliphatic heterocycles. The van der Waals surface area contributed by atoms with Crippen molar-refractivity contribution in [3.05, 3.63) is 40.7 Å². The van der Waals surface area contributed by atoms with Gasteiger partial charge in [-0.3, -0.25) is 4.39 Å². The Labute approximate surface area is 105 Å². The first-order valence-electron chi connectivity index (χ1n) is 5.66. The number of thiazole rings is 1. The Bertz CT molecular complexity index is 442. The second-order valence-corrected chi connectivity index (χ2v) is 4.65. The van der Waals surface area contributed by atoms with Gasteiger partial charge < -0.3 is 5.32 Å². The summed E-state index contributed by atoms with van der Waals surface area (Å²) in [6, 6.07) is 10.1. The van der Waals surface area contributed by atoms with Crippen molar-refractivity contribution in [1.82, 2.24) is 10.3 Å². The van der Waals surface area contributed by atoms with Crippen LogP contribution in [0, 0.1) is 0 Å². The Morgan fingerprint density at radius 1 is 1.24 bits per heavy atom. The van der Waals surface area contributed by atoms with E-state index in [4.69, 9.17) is 0 Å². The third kappa shape index (κ3) is 3.61. The smallest absolute Gasteiger partial charge is 0.107 e. The van der Waals surface area contributed by atoms with Gasteiger partial charge in [0.15, 0.2) is 0 Å². The van der Waals surface area contributed by atoms with Crippen molar-refractivity contribution >= 4 is 11.3 Å². The van der Waals surface area contributed by atoms with E-state index in [1.807, 2.05) is 18.2 Å². The summed E-state index contributed by atoms with van der Waals surface area (Å²) in [6.07, 6.45) is 0.566. The van der Waals surface area contributed by atoms with E-state index in [1.165, 1.54) is 0 Å². The molecule has 2 aromatic rings. The van der Waals surface area contributed by atoms with Gasteiger partial charge >= 0.3 is 0 Å². The van der Waals surface area contributed by atoms with Gasteiger partial charge in [0.25, 0.3) is 0 Å². The average Bonchev–Trinajstić information content (AvgIpc) is 2.85. The lowest BCUT2D eigenvalue weighted by Crippen LogP contribution is -2.14. The average molecular weight is 250 g/mol. The SMILES string of the molecule is FCCCNCc1nc(-c2ccccc2)cs1. The fraction of sp³-hybridized carbons (Fsp3) is 0.308. The van der Waals surface area contributed by atoms with Crippen LogP contribution in [-0.2, 0) is 6.54 Å². The Balaban J connectivity index is 1.92. The highest BCUT2D eigenvalue weighted by Gasteiger charge is 2.03. The molecule has 1 N–H and O–H groups in total. The molecule has 0 radical (unpaired) electrons. The van der Waals surface area contributed by atoms with Gasteiger partial charge in [0.05, 0.1) is 12.4 Å². The van der Waals surface area contributed by atoms with Crippen molar-refractivity contribution < 1.29 is 4.39 Å². The van der Waals surface area contributed by atoms with E-state index in [-0.39, 0.29) is 6.67 Å². The molecule has 17 heavy (non-hydrogen) atoms. The molecule has 0 aliphatic carbocycles. The van der Waals surface area contributed by atoms with E-state index in [2.05, 4.69) is 27.8 Å². The molecule has 0 amide bonds. The van der Waals surface area contributed by atoms with Gasteiger partial charge in [0, 0.05) is 17.5 Å². The Kier molecular flexibility index (Phi) is 4.64. The molecule has 0 spiro atoms. The molecule has 0 saturated heterocycles. The number of nitrogens with one attached hydrogen (secondary N) is 1. The lowest BCUT2D eigenvalue weighted by Gasteiger charge is -1.99. The summed E-state index contributed by atoms with van der Waals surface area (Å²) in [5, 5.41) is 6.28. The minimum absolute atomic E-state index is 0.264. The summed E-state index contributed by atoms with van der Waals surface area (Å²) in [7, 11) is 0. The first kappa shape index (κ1) is 12.2. The Hall–Kier alpha value is -1.26. The molecular weight excluding hydrogens is 235 g/mol. The molecule has 1 heterocycles. The van der Waals surface area contributed by atoms with Crippen molar-refractivity contribution in [2.45, 2.75) is 13.0 Å². The Morgan fingerprint density at radius 3 is 2.82 bits per heavy atom. The molecule has 4 heteroatoms. The molecule has 0 saturated carbocycles. The standard InChI is InChI=1S/C13H15FN2S/c14-7-4-8-15-9-13-16-12(10-17-13)11-5-2-1-3-6-11/h1-3,5-6,10,15H,4,7-9H2.